The fraction of sp³-hybridized carbons (Fsp3) is 0.357. The lowest BCUT2D eigenvalue weighted by molar-refractivity contribution is -0.134. The SMILES string of the molecule is CCC=CC(=O)N(Cc1ccc(C)cc1)C1CC(C(=O)NCCO)=CC(Oc2ccccc2I)C1O. The second-order valence-corrected chi connectivity index (χ2v) is 9.87. The van der Waals surface area contributed by atoms with Gasteiger partial charge in [0.15, 0.2) is 0 Å². The second kappa shape index (κ2) is 13.6. The molecule has 3 N–H and O–H groups in total. The largest absolute Gasteiger partial charge is 0.482 e. The molecule has 0 saturated heterocycles. The molecule has 2 aromatic rings. The highest BCUT2D eigenvalue weighted by atomic mass is 127. The third kappa shape index (κ3) is 7.41. The maximum Gasteiger partial charge on any atom is 0.247 e. The molecule has 8 heteroatoms. The Morgan fingerprint density at radius 3 is 2.58 bits per heavy atom. The zero-order valence-electron chi connectivity index (χ0n) is 20.6. The van der Waals surface area contributed by atoms with Crippen LogP contribution in [0.25, 0.3) is 0 Å². The number of nitrogens with zero attached hydrogens (tertiary/aromatic N) is 1. The molecule has 0 aromatic heterocycles. The minimum Gasteiger partial charge on any atom is -0.482 e. The van der Waals surface area contributed by atoms with Crippen LogP contribution in [0.3, 0.4) is 0 Å². The maximum absolute atomic E-state index is 13.3. The number of halogens is 1. The van der Waals surface area contributed by atoms with Gasteiger partial charge in [-0.1, -0.05) is 55.0 Å². The number of allylic oxidation sites excluding steroid dienone is 1. The number of hydrogen-bond acceptors (Lipinski definition) is 5. The summed E-state index contributed by atoms with van der Waals surface area (Å²) in [6.45, 7) is 4.14. The number of carbonyl (C=O) groups excluding carboxylic acids is 2. The number of aliphatic hydroxyl groups is 2. The van der Waals surface area contributed by atoms with Gasteiger partial charge in [-0.05, 0) is 65.8 Å². The van der Waals surface area contributed by atoms with Gasteiger partial charge in [-0.2, -0.15) is 0 Å². The van der Waals surface area contributed by atoms with E-state index in [0.29, 0.717) is 17.7 Å². The first kappa shape index (κ1) is 27.9. The summed E-state index contributed by atoms with van der Waals surface area (Å²) in [4.78, 5) is 27.8. The van der Waals surface area contributed by atoms with E-state index < -0.39 is 18.2 Å². The van der Waals surface area contributed by atoms with Crippen molar-refractivity contribution < 1.29 is 24.5 Å². The lowest BCUT2D eigenvalue weighted by atomic mass is 9.87. The van der Waals surface area contributed by atoms with Crippen molar-refractivity contribution in [3.63, 3.8) is 0 Å². The minimum absolute atomic E-state index is 0.108. The number of aryl methyl sites for hydroxylation is 1. The van der Waals surface area contributed by atoms with E-state index in [4.69, 9.17) is 9.84 Å². The van der Waals surface area contributed by atoms with Gasteiger partial charge in [0, 0.05) is 25.1 Å². The number of para-hydroxylation sites is 1. The Hall–Kier alpha value is -2.69. The summed E-state index contributed by atoms with van der Waals surface area (Å²) in [6, 6.07) is 14.6. The van der Waals surface area contributed by atoms with E-state index >= 15 is 0 Å². The van der Waals surface area contributed by atoms with Gasteiger partial charge in [0.2, 0.25) is 11.8 Å². The van der Waals surface area contributed by atoms with E-state index in [1.165, 1.54) is 6.08 Å². The zero-order valence-corrected chi connectivity index (χ0v) is 22.7. The van der Waals surface area contributed by atoms with Crippen LogP contribution < -0.4 is 10.1 Å². The Morgan fingerprint density at radius 1 is 1.19 bits per heavy atom. The Balaban J connectivity index is 1.98. The van der Waals surface area contributed by atoms with Crippen LogP contribution in [-0.4, -0.2) is 58.3 Å². The van der Waals surface area contributed by atoms with Gasteiger partial charge in [0.05, 0.1) is 16.2 Å². The predicted octanol–water partition coefficient (Wildman–Crippen LogP) is 3.51. The van der Waals surface area contributed by atoms with E-state index in [1.54, 1.807) is 23.1 Å². The van der Waals surface area contributed by atoms with Crippen molar-refractivity contribution in [1.29, 1.82) is 0 Å². The molecule has 0 saturated carbocycles. The van der Waals surface area contributed by atoms with Crippen LogP contribution >= 0.6 is 22.6 Å². The predicted molar refractivity (Wildman–Crippen MR) is 147 cm³/mol. The Kier molecular flexibility index (Phi) is 10.5. The number of carbonyl (C=O) groups is 2. The monoisotopic (exact) mass is 604 g/mol. The van der Waals surface area contributed by atoms with Gasteiger partial charge in [-0.25, -0.2) is 0 Å². The van der Waals surface area contributed by atoms with E-state index in [9.17, 15) is 14.7 Å². The average Bonchev–Trinajstić information content (AvgIpc) is 2.88. The summed E-state index contributed by atoms with van der Waals surface area (Å²) < 4.78 is 7.03. The van der Waals surface area contributed by atoms with Gasteiger partial charge in [0.1, 0.15) is 18.0 Å². The van der Waals surface area contributed by atoms with Crippen LogP contribution in [0.5, 0.6) is 5.75 Å². The molecule has 3 atom stereocenters. The van der Waals surface area contributed by atoms with E-state index in [0.717, 1.165) is 14.7 Å². The molecule has 2 aromatic carbocycles. The van der Waals surface area contributed by atoms with Gasteiger partial charge in [-0.15, -0.1) is 0 Å². The van der Waals surface area contributed by atoms with Crippen molar-refractivity contribution in [3.8, 4) is 5.75 Å². The Labute approximate surface area is 226 Å². The van der Waals surface area contributed by atoms with Crippen LogP contribution in [0.2, 0.25) is 0 Å². The van der Waals surface area contributed by atoms with E-state index in [2.05, 4.69) is 27.9 Å². The third-order valence-corrected chi connectivity index (χ3v) is 6.86. The van der Waals surface area contributed by atoms with Crippen molar-refractivity contribution in [1.82, 2.24) is 10.2 Å². The lowest BCUT2D eigenvalue weighted by Crippen LogP contribution is -2.54. The molecule has 1 aliphatic carbocycles. The molecule has 0 radical (unpaired) electrons. The molecule has 0 spiro atoms. The van der Waals surface area contributed by atoms with Crippen molar-refractivity contribution in [2.45, 2.75) is 51.5 Å². The molecule has 0 fully saturated rings. The third-order valence-electron chi connectivity index (χ3n) is 5.97. The second-order valence-electron chi connectivity index (χ2n) is 8.71. The average molecular weight is 604 g/mol. The smallest absolute Gasteiger partial charge is 0.247 e. The van der Waals surface area contributed by atoms with Crippen molar-refractivity contribution in [3.05, 3.63) is 87.0 Å². The lowest BCUT2D eigenvalue weighted by Gasteiger charge is -2.40. The molecule has 1 aliphatic rings. The molecule has 7 nitrogen and oxygen atoms in total. The fourth-order valence-corrected chi connectivity index (χ4v) is 4.54. The molecule has 3 rings (SSSR count). The summed E-state index contributed by atoms with van der Waals surface area (Å²) in [5.74, 6) is -0.0212. The molecule has 0 bridgehead atoms. The highest BCUT2D eigenvalue weighted by molar-refractivity contribution is 14.1. The number of hydrogen-bond donors (Lipinski definition) is 3. The molecule has 36 heavy (non-hydrogen) atoms. The van der Waals surface area contributed by atoms with E-state index in [-0.39, 0.29) is 37.9 Å². The summed E-state index contributed by atoms with van der Waals surface area (Å²) in [7, 11) is 0. The minimum atomic E-state index is -1.07. The molecular weight excluding hydrogens is 571 g/mol. The first-order valence-corrected chi connectivity index (χ1v) is 13.1. The van der Waals surface area contributed by atoms with Crippen LogP contribution in [0.4, 0.5) is 0 Å². The van der Waals surface area contributed by atoms with Crippen molar-refractivity contribution in [2.24, 2.45) is 0 Å². The normalized spacial score (nSPS) is 19.6. The summed E-state index contributed by atoms with van der Waals surface area (Å²) >= 11 is 2.15. The van der Waals surface area contributed by atoms with Crippen LogP contribution in [-0.2, 0) is 16.1 Å². The van der Waals surface area contributed by atoms with Gasteiger partial charge in [0.25, 0.3) is 0 Å². The highest BCUT2D eigenvalue weighted by Gasteiger charge is 2.40. The summed E-state index contributed by atoms with van der Waals surface area (Å²) in [5.41, 5.74) is 2.43. The molecule has 192 valence electrons. The Morgan fingerprint density at radius 2 is 1.92 bits per heavy atom. The zero-order chi connectivity index (χ0) is 26.1. The fourth-order valence-electron chi connectivity index (χ4n) is 4.03. The van der Waals surface area contributed by atoms with Crippen molar-refractivity contribution >= 4 is 34.4 Å². The van der Waals surface area contributed by atoms with Gasteiger partial charge >= 0.3 is 0 Å². The van der Waals surface area contributed by atoms with Crippen molar-refractivity contribution in [2.75, 3.05) is 13.2 Å². The van der Waals surface area contributed by atoms with Crippen LogP contribution in [0.1, 0.15) is 30.9 Å². The molecule has 0 heterocycles. The highest BCUT2D eigenvalue weighted by Crippen LogP contribution is 2.30. The number of ether oxygens (including phenoxy) is 1. The van der Waals surface area contributed by atoms with Crippen LogP contribution in [0, 0.1) is 10.5 Å². The first-order chi connectivity index (χ1) is 17.3. The summed E-state index contributed by atoms with van der Waals surface area (Å²) in [5, 5.41) is 23.3. The standard InChI is InChI=1S/C28H33IN2O5/c1-3-4-9-26(33)31(18-20-12-10-19(2)11-13-20)23-16-21(28(35)30-14-15-32)17-25(27(23)34)36-24-8-6-5-7-22(24)29/h4-13,17,23,25,27,32,34H,3,14-16,18H2,1-2H3,(H,30,35). The topological polar surface area (TPSA) is 99.1 Å². The first-order valence-electron chi connectivity index (χ1n) is 12.1. The molecule has 2 amide bonds. The number of nitrogens with one attached hydrogen (secondary N) is 1. The number of amides is 2. The van der Waals surface area contributed by atoms with E-state index in [1.807, 2.05) is 56.3 Å². The van der Waals surface area contributed by atoms with Crippen LogP contribution in [0.15, 0.2) is 72.3 Å². The van der Waals surface area contributed by atoms with Gasteiger partial charge < -0.3 is 25.2 Å². The number of benzene rings is 2. The molecular formula is C28H33IN2O5. The maximum atomic E-state index is 13.3. The molecule has 0 aliphatic heterocycles. The number of rotatable bonds is 10. The Bertz CT molecular complexity index is 1100. The number of aliphatic hydroxyl groups excluding tert-OH is 2. The quantitative estimate of drug-likeness (QED) is 0.285. The van der Waals surface area contributed by atoms with Gasteiger partial charge in [-0.3, -0.25) is 9.59 Å². The summed E-state index contributed by atoms with van der Waals surface area (Å²) in [6.07, 6.45) is 3.85. The molecule has 3 unspecified atom stereocenters.